The van der Waals surface area contributed by atoms with Gasteiger partial charge in [0, 0.05) is 19.0 Å². The van der Waals surface area contributed by atoms with Gasteiger partial charge in [0.25, 0.3) is 0 Å². The van der Waals surface area contributed by atoms with Crippen LogP contribution in [0.4, 0.5) is 0 Å². The SMILES string of the molecule is CC(N)c1c(Br)nc2n1CCCC2. The second-order valence-corrected chi connectivity index (χ2v) is 4.35. The molecule has 0 saturated carbocycles. The second-order valence-electron chi connectivity index (χ2n) is 3.60. The first-order chi connectivity index (χ1) is 6.20. The van der Waals surface area contributed by atoms with Gasteiger partial charge in [0.05, 0.1) is 5.69 Å². The van der Waals surface area contributed by atoms with Crippen LogP contribution in [-0.4, -0.2) is 9.55 Å². The van der Waals surface area contributed by atoms with Gasteiger partial charge in [-0.25, -0.2) is 4.98 Å². The molecule has 0 bridgehead atoms. The Balaban J connectivity index is 2.48. The molecule has 1 atom stereocenters. The summed E-state index contributed by atoms with van der Waals surface area (Å²) in [7, 11) is 0. The lowest BCUT2D eigenvalue weighted by molar-refractivity contribution is 0.498. The van der Waals surface area contributed by atoms with E-state index in [1.54, 1.807) is 0 Å². The first-order valence-corrected chi connectivity index (χ1v) is 5.50. The van der Waals surface area contributed by atoms with Crippen LogP contribution in [0.1, 0.15) is 37.3 Å². The number of imidazole rings is 1. The molecule has 0 aliphatic carbocycles. The molecule has 0 aromatic carbocycles. The third-order valence-corrected chi connectivity index (χ3v) is 3.09. The van der Waals surface area contributed by atoms with Crippen LogP contribution < -0.4 is 5.73 Å². The lowest BCUT2D eigenvalue weighted by Crippen LogP contribution is -2.17. The Morgan fingerprint density at radius 2 is 2.31 bits per heavy atom. The molecule has 72 valence electrons. The van der Waals surface area contributed by atoms with Gasteiger partial charge in [-0.15, -0.1) is 0 Å². The summed E-state index contributed by atoms with van der Waals surface area (Å²) in [5.41, 5.74) is 7.04. The number of nitrogens with two attached hydrogens (primary N) is 1. The Hall–Kier alpha value is -0.350. The zero-order valence-corrected chi connectivity index (χ0v) is 9.34. The van der Waals surface area contributed by atoms with Crippen molar-refractivity contribution in [2.45, 2.75) is 38.8 Å². The number of hydrogen-bond donors (Lipinski definition) is 1. The fourth-order valence-electron chi connectivity index (χ4n) is 1.91. The number of nitrogens with zero attached hydrogens (tertiary/aromatic N) is 2. The van der Waals surface area contributed by atoms with Crippen LogP contribution in [0.3, 0.4) is 0 Å². The van der Waals surface area contributed by atoms with Crippen LogP contribution in [0.25, 0.3) is 0 Å². The molecule has 0 fully saturated rings. The zero-order valence-electron chi connectivity index (χ0n) is 7.76. The topological polar surface area (TPSA) is 43.8 Å². The predicted molar refractivity (Wildman–Crippen MR) is 55.5 cm³/mol. The average molecular weight is 244 g/mol. The van der Waals surface area contributed by atoms with E-state index in [2.05, 4.69) is 25.5 Å². The van der Waals surface area contributed by atoms with Crippen LogP contribution in [0, 0.1) is 0 Å². The summed E-state index contributed by atoms with van der Waals surface area (Å²) < 4.78 is 3.19. The van der Waals surface area contributed by atoms with Crippen LogP contribution in [-0.2, 0) is 13.0 Å². The van der Waals surface area contributed by atoms with E-state index < -0.39 is 0 Å². The highest BCUT2D eigenvalue weighted by Gasteiger charge is 2.19. The third-order valence-electron chi connectivity index (χ3n) is 2.50. The molecule has 3 nitrogen and oxygen atoms in total. The molecule has 0 saturated heterocycles. The van der Waals surface area contributed by atoms with Crippen LogP contribution in [0.2, 0.25) is 0 Å². The highest BCUT2D eigenvalue weighted by Crippen LogP contribution is 2.26. The number of hydrogen-bond acceptors (Lipinski definition) is 2. The van der Waals surface area contributed by atoms with E-state index in [0.717, 1.165) is 23.3 Å². The molecule has 1 aromatic heterocycles. The summed E-state index contributed by atoms with van der Waals surface area (Å²) in [5.74, 6) is 1.19. The van der Waals surface area contributed by atoms with Gasteiger partial charge in [-0.2, -0.15) is 0 Å². The van der Waals surface area contributed by atoms with Crippen molar-refractivity contribution in [1.29, 1.82) is 0 Å². The van der Waals surface area contributed by atoms with Crippen molar-refractivity contribution in [3.63, 3.8) is 0 Å². The molecule has 13 heavy (non-hydrogen) atoms. The standard InChI is InChI=1S/C9H14BrN3/c1-6(11)8-9(10)12-7-4-2-3-5-13(7)8/h6H,2-5,11H2,1H3. The van der Waals surface area contributed by atoms with Crippen LogP contribution >= 0.6 is 15.9 Å². The van der Waals surface area contributed by atoms with Gasteiger partial charge in [0.1, 0.15) is 10.4 Å². The van der Waals surface area contributed by atoms with Gasteiger partial charge < -0.3 is 10.3 Å². The van der Waals surface area contributed by atoms with Gasteiger partial charge in [-0.1, -0.05) is 0 Å². The van der Waals surface area contributed by atoms with Crippen molar-refractivity contribution in [2.24, 2.45) is 5.73 Å². The van der Waals surface area contributed by atoms with Crippen molar-refractivity contribution in [3.05, 3.63) is 16.1 Å². The van der Waals surface area contributed by atoms with Crippen molar-refractivity contribution in [1.82, 2.24) is 9.55 Å². The van der Waals surface area contributed by atoms with Crippen molar-refractivity contribution < 1.29 is 0 Å². The molecular weight excluding hydrogens is 230 g/mol. The molecule has 1 unspecified atom stereocenters. The summed E-state index contributed by atoms with van der Waals surface area (Å²) >= 11 is 3.47. The Bertz CT molecular complexity index is 317. The fourth-order valence-corrected chi connectivity index (χ4v) is 2.69. The highest BCUT2D eigenvalue weighted by molar-refractivity contribution is 9.10. The molecule has 0 radical (unpaired) electrons. The van der Waals surface area contributed by atoms with E-state index in [9.17, 15) is 0 Å². The van der Waals surface area contributed by atoms with Gasteiger partial charge in [-0.05, 0) is 35.7 Å². The van der Waals surface area contributed by atoms with Gasteiger partial charge >= 0.3 is 0 Å². The Labute approximate surface area is 86.5 Å². The summed E-state index contributed by atoms with van der Waals surface area (Å²) in [4.78, 5) is 4.47. The zero-order chi connectivity index (χ0) is 9.42. The lowest BCUT2D eigenvalue weighted by atomic mass is 10.1. The fraction of sp³-hybridized carbons (Fsp3) is 0.667. The largest absolute Gasteiger partial charge is 0.330 e. The number of rotatable bonds is 1. The smallest absolute Gasteiger partial charge is 0.129 e. The maximum atomic E-state index is 5.89. The second kappa shape index (κ2) is 3.42. The number of fused-ring (bicyclic) bond motifs is 1. The van der Waals surface area contributed by atoms with E-state index in [4.69, 9.17) is 5.73 Å². The molecule has 0 amide bonds. The Morgan fingerprint density at radius 1 is 1.54 bits per heavy atom. The number of aryl methyl sites for hydroxylation is 1. The molecule has 0 spiro atoms. The van der Waals surface area contributed by atoms with Crippen LogP contribution in [0.5, 0.6) is 0 Å². The number of aromatic nitrogens is 2. The minimum absolute atomic E-state index is 0.0636. The summed E-state index contributed by atoms with van der Waals surface area (Å²) in [5, 5.41) is 0. The molecule has 2 rings (SSSR count). The first kappa shape index (κ1) is 9.21. The van der Waals surface area contributed by atoms with E-state index >= 15 is 0 Å². The van der Waals surface area contributed by atoms with Gasteiger partial charge in [0.15, 0.2) is 0 Å². The molecule has 1 aliphatic rings. The van der Waals surface area contributed by atoms with Crippen molar-refractivity contribution in [2.75, 3.05) is 0 Å². The highest BCUT2D eigenvalue weighted by atomic mass is 79.9. The van der Waals surface area contributed by atoms with E-state index in [-0.39, 0.29) is 6.04 Å². The first-order valence-electron chi connectivity index (χ1n) is 4.70. The third kappa shape index (κ3) is 1.53. The summed E-state index contributed by atoms with van der Waals surface area (Å²) in [6.07, 6.45) is 3.59. The monoisotopic (exact) mass is 243 g/mol. The van der Waals surface area contributed by atoms with E-state index in [1.165, 1.54) is 18.7 Å². The molecular formula is C9H14BrN3. The van der Waals surface area contributed by atoms with E-state index in [1.807, 2.05) is 6.92 Å². The Morgan fingerprint density at radius 3 is 3.00 bits per heavy atom. The lowest BCUT2D eigenvalue weighted by Gasteiger charge is -2.17. The molecule has 4 heteroatoms. The summed E-state index contributed by atoms with van der Waals surface area (Å²) in [6, 6.07) is 0.0636. The minimum atomic E-state index is 0.0636. The normalized spacial score (nSPS) is 18.4. The minimum Gasteiger partial charge on any atom is -0.330 e. The average Bonchev–Trinajstić information content (AvgIpc) is 2.39. The summed E-state index contributed by atoms with van der Waals surface area (Å²) in [6.45, 7) is 3.08. The molecule has 1 aliphatic heterocycles. The van der Waals surface area contributed by atoms with Crippen LogP contribution in [0.15, 0.2) is 4.60 Å². The maximum Gasteiger partial charge on any atom is 0.129 e. The molecule has 2 N–H and O–H groups in total. The molecule has 1 aromatic rings. The number of halogens is 1. The maximum absolute atomic E-state index is 5.89. The van der Waals surface area contributed by atoms with Crippen molar-refractivity contribution >= 4 is 15.9 Å². The van der Waals surface area contributed by atoms with Crippen molar-refractivity contribution in [3.8, 4) is 0 Å². The van der Waals surface area contributed by atoms with Gasteiger partial charge in [-0.3, -0.25) is 0 Å². The van der Waals surface area contributed by atoms with Gasteiger partial charge in [0.2, 0.25) is 0 Å². The van der Waals surface area contributed by atoms with E-state index in [0.29, 0.717) is 0 Å². The Kier molecular flexibility index (Phi) is 2.43. The predicted octanol–water partition coefficient (Wildman–Crippen LogP) is 2.00. The quantitative estimate of drug-likeness (QED) is 0.821. The molecule has 2 heterocycles.